The zero-order valence-electron chi connectivity index (χ0n) is 13.0. The maximum absolute atomic E-state index is 13.4. The van der Waals surface area contributed by atoms with Crippen molar-refractivity contribution in [2.24, 2.45) is 0 Å². The Morgan fingerprint density at radius 2 is 2.23 bits per heavy atom. The SMILES string of the molecule is CN(C)[C@@H](C(=O)NCCN1CCCC1=O)c1cccc(F)c1. The molecule has 0 spiro atoms. The van der Waals surface area contributed by atoms with Gasteiger partial charge < -0.3 is 10.2 Å². The minimum Gasteiger partial charge on any atom is -0.353 e. The van der Waals surface area contributed by atoms with E-state index in [2.05, 4.69) is 5.32 Å². The van der Waals surface area contributed by atoms with Gasteiger partial charge in [0.2, 0.25) is 11.8 Å². The molecule has 6 heteroatoms. The van der Waals surface area contributed by atoms with E-state index in [-0.39, 0.29) is 17.6 Å². The van der Waals surface area contributed by atoms with Crippen molar-refractivity contribution >= 4 is 11.8 Å². The summed E-state index contributed by atoms with van der Waals surface area (Å²) in [7, 11) is 3.55. The van der Waals surface area contributed by atoms with Crippen LogP contribution in [0, 0.1) is 5.82 Å². The topological polar surface area (TPSA) is 52.7 Å². The quantitative estimate of drug-likeness (QED) is 0.858. The molecule has 1 aliphatic heterocycles. The average molecular weight is 307 g/mol. The van der Waals surface area contributed by atoms with Crippen LogP contribution in [0.5, 0.6) is 0 Å². The molecule has 0 radical (unpaired) electrons. The molecule has 1 fully saturated rings. The lowest BCUT2D eigenvalue weighted by Gasteiger charge is -2.24. The van der Waals surface area contributed by atoms with E-state index in [1.54, 1.807) is 36.0 Å². The molecule has 120 valence electrons. The number of rotatable bonds is 6. The van der Waals surface area contributed by atoms with E-state index in [1.165, 1.54) is 12.1 Å². The molecule has 1 aromatic rings. The number of nitrogens with one attached hydrogen (secondary N) is 1. The van der Waals surface area contributed by atoms with Gasteiger partial charge in [-0.15, -0.1) is 0 Å². The van der Waals surface area contributed by atoms with Crippen LogP contribution in [0.3, 0.4) is 0 Å². The maximum atomic E-state index is 13.4. The van der Waals surface area contributed by atoms with Gasteiger partial charge in [-0.25, -0.2) is 4.39 Å². The lowest BCUT2D eigenvalue weighted by atomic mass is 10.1. The van der Waals surface area contributed by atoms with Crippen molar-refractivity contribution in [3.05, 3.63) is 35.6 Å². The highest BCUT2D eigenvalue weighted by molar-refractivity contribution is 5.83. The summed E-state index contributed by atoms with van der Waals surface area (Å²) in [5.74, 6) is -0.411. The average Bonchev–Trinajstić information content (AvgIpc) is 2.84. The Morgan fingerprint density at radius 3 is 2.82 bits per heavy atom. The van der Waals surface area contributed by atoms with Gasteiger partial charge >= 0.3 is 0 Å². The normalized spacial score (nSPS) is 16.2. The van der Waals surface area contributed by atoms with Crippen LogP contribution in [0.4, 0.5) is 4.39 Å². The molecule has 2 amide bonds. The zero-order valence-corrected chi connectivity index (χ0v) is 13.0. The molecule has 0 saturated carbocycles. The van der Waals surface area contributed by atoms with Crippen LogP contribution in [0.2, 0.25) is 0 Å². The fourth-order valence-corrected chi connectivity index (χ4v) is 2.71. The number of halogens is 1. The van der Waals surface area contributed by atoms with Crippen molar-refractivity contribution in [2.75, 3.05) is 33.7 Å². The largest absolute Gasteiger partial charge is 0.353 e. The summed E-state index contributed by atoms with van der Waals surface area (Å²) in [5, 5.41) is 2.83. The third kappa shape index (κ3) is 4.04. The Hall–Kier alpha value is -1.95. The van der Waals surface area contributed by atoms with Gasteiger partial charge in [0.25, 0.3) is 0 Å². The standard InChI is InChI=1S/C16H22FN3O2/c1-19(2)15(12-5-3-6-13(17)11-12)16(22)18-8-10-20-9-4-7-14(20)21/h3,5-6,11,15H,4,7-10H2,1-2H3,(H,18,22)/t15-/m1/s1. The predicted molar refractivity (Wildman–Crippen MR) is 81.7 cm³/mol. The molecule has 0 aromatic heterocycles. The maximum Gasteiger partial charge on any atom is 0.242 e. The van der Waals surface area contributed by atoms with Crippen molar-refractivity contribution in [1.29, 1.82) is 0 Å². The van der Waals surface area contributed by atoms with Gasteiger partial charge in [0.15, 0.2) is 0 Å². The molecule has 1 N–H and O–H groups in total. The molecule has 2 rings (SSSR count). The third-order valence-corrected chi connectivity index (χ3v) is 3.78. The van der Waals surface area contributed by atoms with Gasteiger partial charge in [-0.2, -0.15) is 0 Å². The van der Waals surface area contributed by atoms with Crippen LogP contribution in [-0.2, 0) is 9.59 Å². The Balaban J connectivity index is 1.94. The second kappa shape index (κ2) is 7.35. The van der Waals surface area contributed by atoms with Crippen LogP contribution in [0.25, 0.3) is 0 Å². The molecule has 0 bridgehead atoms. The molecule has 0 unspecified atom stereocenters. The number of nitrogens with zero attached hydrogens (tertiary/aromatic N) is 2. The van der Waals surface area contributed by atoms with Crippen LogP contribution in [0.15, 0.2) is 24.3 Å². The highest BCUT2D eigenvalue weighted by atomic mass is 19.1. The second-order valence-corrected chi connectivity index (χ2v) is 5.70. The van der Waals surface area contributed by atoms with Gasteiger partial charge in [0, 0.05) is 26.1 Å². The first kappa shape index (κ1) is 16.4. The highest BCUT2D eigenvalue weighted by Crippen LogP contribution is 2.19. The van der Waals surface area contributed by atoms with Gasteiger partial charge in [0.05, 0.1) is 0 Å². The molecule has 1 atom stereocenters. The van der Waals surface area contributed by atoms with E-state index in [9.17, 15) is 14.0 Å². The molecule has 1 aliphatic rings. The Labute approximate surface area is 130 Å². The van der Waals surface area contributed by atoms with Crippen LogP contribution < -0.4 is 5.32 Å². The fraction of sp³-hybridized carbons (Fsp3) is 0.500. The first-order valence-electron chi connectivity index (χ1n) is 7.46. The summed E-state index contributed by atoms with van der Waals surface area (Å²) in [6, 6.07) is 5.50. The van der Waals surface area contributed by atoms with Gasteiger partial charge in [0.1, 0.15) is 11.9 Å². The number of hydrogen-bond donors (Lipinski definition) is 1. The van der Waals surface area contributed by atoms with Gasteiger partial charge in [-0.05, 0) is 38.2 Å². The van der Waals surface area contributed by atoms with E-state index in [0.717, 1.165) is 13.0 Å². The summed E-state index contributed by atoms with van der Waals surface area (Å²) in [6.45, 7) is 1.69. The zero-order chi connectivity index (χ0) is 16.1. The number of hydrogen-bond acceptors (Lipinski definition) is 3. The predicted octanol–water partition coefficient (Wildman–Crippen LogP) is 1.17. The summed E-state index contributed by atoms with van der Waals surface area (Å²) >= 11 is 0. The smallest absolute Gasteiger partial charge is 0.242 e. The van der Waals surface area contributed by atoms with Crippen LogP contribution >= 0.6 is 0 Å². The monoisotopic (exact) mass is 307 g/mol. The van der Waals surface area contributed by atoms with E-state index in [4.69, 9.17) is 0 Å². The summed E-state index contributed by atoms with van der Waals surface area (Å²) in [6.07, 6.45) is 1.48. The first-order chi connectivity index (χ1) is 10.5. The lowest BCUT2D eigenvalue weighted by Crippen LogP contribution is -2.41. The molecule has 5 nitrogen and oxygen atoms in total. The third-order valence-electron chi connectivity index (χ3n) is 3.78. The van der Waals surface area contributed by atoms with E-state index < -0.39 is 6.04 Å². The lowest BCUT2D eigenvalue weighted by molar-refractivity contribution is -0.129. The van der Waals surface area contributed by atoms with Crippen molar-refractivity contribution < 1.29 is 14.0 Å². The number of likely N-dealkylation sites (N-methyl/N-ethyl adjacent to an activating group) is 1. The molecule has 1 aromatic carbocycles. The van der Waals surface area contributed by atoms with E-state index in [0.29, 0.717) is 25.1 Å². The van der Waals surface area contributed by atoms with Gasteiger partial charge in [-0.1, -0.05) is 12.1 Å². The first-order valence-corrected chi connectivity index (χ1v) is 7.46. The van der Waals surface area contributed by atoms with Gasteiger partial charge in [-0.3, -0.25) is 14.5 Å². The van der Waals surface area contributed by atoms with Crippen LogP contribution in [0.1, 0.15) is 24.4 Å². The number of carbonyl (C=O) groups is 2. The molecule has 1 heterocycles. The Bertz CT molecular complexity index is 548. The Kier molecular flexibility index (Phi) is 5.49. The number of likely N-dealkylation sites (tertiary alicyclic amines) is 1. The summed E-state index contributed by atoms with van der Waals surface area (Å²) in [5.41, 5.74) is 0.611. The van der Waals surface area contributed by atoms with Crippen molar-refractivity contribution in [3.8, 4) is 0 Å². The second-order valence-electron chi connectivity index (χ2n) is 5.70. The van der Waals surface area contributed by atoms with Crippen molar-refractivity contribution in [2.45, 2.75) is 18.9 Å². The van der Waals surface area contributed by atoms with Crippen molar-refractivity contribution in [1.82, 2.24) is 15.1 Å². The molecule has 0 aliphatic carbocycles. The molecule has 22 heavy (non-hydrogen) atoms. The summed E-state index contributed by atoms with van der Waals surface area (Å²) in [4.78, 5) is 27.4. The minimum atomic E-state index is -0.551. The number of amides is 2. The number of benzene rings is 1. The minimum absolute atomic E-state index is 0.142. The molecule has 1 saturated heterocycles. The van der Waals surface area contributed by atoms with E-state index >= 15 is 0 Å². The van der Waals surface area contributed by atoms with E-state index in [1.807, 2.05) is 0 Å². The summed E-state index contributed by atoms with van der Waals surface area (Å²) < 4.78 is 13.4. The molecular weight excluding hydrogens is 285 g/mol. The number of carbonyl (C=O) groups excluding carboxylic acids is 2. The fourth-order valence-electron chi connectivity index (χ4n) is 2.71. The highest BCUT2D eigenvalue weighted by Gasteiger charge is 2.24. The Morgan fingerprint density at radius 1 is 1.45 bits per heavy atom. The van der Waals surface area contributed by atoms with Crippen LogP contribution in [-0.4, -0.2) is 55.3 Å². The molecular formula is C16H22FN3O2. The van der Waals surface area contributed by atoms with Crippen molar-refractivity contribution in [3.63, 3.8) is 0 Å².